The van der Waals surface area contributed by atoms with Crippen molar-refractivity contribution in [1.29, 1.82) is 0 Å². The van der Waals surface area contributed by atoms with Crippen LogP contribution in [-0.2, 0) is 6.37 Å². The third-order valence-corrected chi connectivity index (χ3v) is 1.10. The van der Waals surface area contributed by atoms with E-state index in [4.69, 9.17) is 26.9 Å². The van der Waals surface area contributed by atoms with Crippen molar-refractivity contribution in [2.45, 2.75) is 19.6 Å². The van der Waals surface area contributed by atoms with E-state index in [0.29, 0.717) is 0 Å². The summed E-state index contributed by atoms with van der Waals surface area (Å²) in [6.07, 6.45) is -6.04. The first kappa shape index (κ1) is 2.90. The molecule has 1 aromatic rings. The third kappa shape index (κ3) is 2.35. The Hall–Kier alpha value is -0.830. The van der Waals surface area contributed by atoms with Gasteiger partial charge in [0.15, 0.2) is 0 Å². The van der Waals surface area contributed by atoms with E-state index in [-0.39, 0.29) is 11.1 Å². The van der Waals surface area contributed by atoms with Crippen LogP contribution in [0.2, 0.25) is 5.15 Å². The minimum Gasteiger partial charge on any atom is -0.368 e. The fraction of sp³-hybridized carbons (Fsp3) is 0.429. The highest BCUT2D eigenvalue weighted by Crippen LogP contribution is 2.09. The Balaban J connectivity index is 3.37. The monoisotopic (exact) mass is 178 g/mol. The van der Waals surface area contributed by atoms with Gasteiger partial charge in [-0.15, -0.1) is 0 Å². The van der Waals surface area contributed by atoms with Crippen molar-refractivity contribution >= 4 is 17.5 Å². The van der Waals surface area contributed by atoms with Crippen LogP contribution in [0.4, 0.5) is 5.95 Å². The van der Waals surface area contributed by atoms with Gasteiger partial charge in [-0.25, -0.2) is 9.97 Å². The van der Waals surface area contributed by atoms with Crippen molar-refractivity contribution in [3.63, 3.8) is 0 Å². The molecule has 2 N–H and O–H groups in total. The number of nitrogens with two attached hydrogens (primary N) is 1. The van der Waals surface area contributed by atoms with Crippen LogP contribution in [0.15, 0.2) is 6.07 Å². The van der Waals surface area contributed by atoms with E-state index >= 15 is 0 Å². The molecule has 1 heterocycles. The summed E-state index contributed by atoms with van der Waals surface area (Å²) in [4.78, 5) is 7.00. The lowest BCUT2D eigenvalue weighted by Crippen LogP contribution is -1.98. The largest absolute Gasteiger partial charge is 0.368 e. The van der Waals surface area contributed by atoms with Crippen LogP contribution in [0.1, 0.15) is 28.5 Å². The molecule has 0 amide bonds. The second kappa shape index (κ2) is 3.53. The predicted octanol–water partition coefficient (Wildman–Crippen LogP) is 1.66. The molecule has 0 aliphatic carbocycles. The Kier molecular flexibility index (Phi) is 0.931. The summed E-state index contributed by atoms with van der Waals surface area (Å²) in [6.45, 7) is -3.16. The number of aryl methyl sites for hydroxylation is 1. The Morgan fingerprint density at radius 2 is 2.64 bits per heavy atom. The summed E-state index contributed by atoms with van der Waals surface area (Å²) >= 11 is 5.56. The fourth-order valence-corrected chi connectivity index (χ4v) is 0.753. The van der Waals surface area contributed by atoms with E-state index in [1.807, 2.05) is 0 Å². The average molecular weight is 179 g/mol. The van der Waals surface area contributed by atoms with Crippen LogP contribution in [0.25, 0.3) is 0 Å². The van der Waals surface area contributed by atoms with Crippen LogP contribution in [-0.4, -0.2) is 9.97 Å². The average Bonchev–Trinajstić information content (AvgIpc) is 2.13. The SMILES string of the molecule is [2H]C([2H])([2H])C([2H])([2H])C([2H])([2H])c1cc(Cl)nc(N)n1. The van der Waals surface area contributed by atoms with Gasteiger partial charge in [-0.3, -0.25) is 0 Å². The summed E-state index contributed by atoms with van der Waals surface area (Å²) in [5.41, 5.74) is 4.76. The first-order valence-electron chi connectivity index (χ1n) is 6.20. The van der Waals surface area contributed by atoms with Crippen LogP contribution >= 0.6 is 11.6 Å². The number of rotatable bonds is 2. The van der Waals surface area contributed by atoms with Crippen LogP contribution in [0.5, 0.6) is 0 Å². The van der Waals surface area contributed by atoms with Crippen LogP contribution < -0.4 is 5.73 Å². The number of nitrogens with zero attached hydrogens (tertiary/aromatic N) is 2. The van der Waals surface area contributed by atoms with Crippen molar-refractivity contribution < 1.29 is 9.60 Å². The fourth-order valence-electron chi connectivity index (χ4n) is 0.563. The summed E-state index contributed by atoms with van der Waals surface area (Å²) in [5.74, 6) is -0.359. The Morgan fingerprint density at radius 1 is 1.82 bits per heavy atom. The molecule has 3 nitrogen and oxygen atoms in total. The highest BCUT2D eigenvalue weighted by atomic mass is 35.5. The van der Waals surface area contributed by atoms with E-state index in [1.165, 1.54) is 0 Å². The van der Waals surface area contributed by atoms with E-state index < -0.39 is 25.3 Å². The molecule has 4 heteroatoms. The van der Waals surface area contributed by atoms with E-state index in [2.05, 4.69) is 9.97 Å². The lowest BCUT2D eigenvalue weighted by atomic mass is 10.2. The maximum absolute atomic E-state index is 7.65. The minimum atomic E-state index is -3.16. The van der Waals surface area contributed by atoms with Crippen molar-refractivity contribution in [2.75, 3.05) is 5.73 Å². The molecular weight excluding hydrogens is 162 g/mol. The second-order valence-electron chi connectivity index (χ2n) is 1.68. The zero-order valence-corrected chi connectivity index (χ0v) is 6.18. The normalized spacial score (nSPS) is 23.2. The first-order chi connectivity index (χ1) is 7.89. The molecule has 0 unspecified atom stereocenters. The molecular formula is C7H10ClN3. The number of anilines is 1. The number of hydrogen-bond donors (Lipinski definition) is 1. The van der Waals surface area contributed by atoms with Crippen LogP contribution in [0.3, 0.4) is 0 Å². The van der Waals surface area contributed by atoms with Gasteiger partial charge in [-0.2, -0.15) is 0 Å². The molecule has 0 spiro atoms. The Bertz CT molecular complexity index is 439. The molecule has 0 saturated heterocycles. The zero-order chi connectivity index (χ0) is 14.4. The van der Waals surface area contributed by atoms with Gasteiger partial charge in [-0.05, 0) is 12.4 Å². The molecule has 0 atom stereocenters. The summed E-state index contributed by atoms with van der Waals surface area (Å²) in [6, 6.07) is 0.946. The Morgan fingerprint density at radius 3 is 3.27 bits per heavy atom. The Labute approximate surface area is 80.4 Å². The van der Waals surface area contributed by atoms with Crippen molar-refractivity contribution in [2.24, 2.45) is 0 Å². The first-order valence-corrected chi connectivity index (χ1v) is 3.08. The van der Waals surface area contributed by atoms with E-state index in [0.717, 1.165) is 6.07 Å². The van der Waals surface area contributed by atoms with E-state index in [9.17, 15) is 0 Å². The predicted molar refractivity (Wildman–Crippen MR) is 45.4 cm³/mol. The molecule has 11 heavy (non-hydrogen) atoms. The molecule has 1 aromatic heterocycles. The molecule has 1 rings (SSSR count). The molecule has 60 valence electrons. The van der Waals surface area contributed by atoms with Gasteiger partial charge in [0.05, 0.1) is 0 Å². The molecule has 0 aliphatic rings. The van der Waals surface area contributed by atoms with Crippen LogP contribution in [0, 0.1) is 0 Å². The molecule has 0 aromatic carbocycles. The molecule has 0 bridgehead atoms. The van der Waals surface area contributed by atoms with Gasteiger partial charge in [0.1, 0.15) is 5.15 Å². The highest BCUT2D eigenvalue weighted by Gasteiger charge is 1.98. The standard InChI is InChI=1S/C7H10ClN3/c1-2-3-5-4-6(8)11-7(9)10-5/h4H,2-3H2,1H3,(H2,9,10,11)/i1D3,2D2,3D2. The lowest BCUT2D eigenvalue weighted by molar-refractivity contribution is 0.876. The molecule has 0 radical (unpaired) electrons. The maximum atomic E-state index is 7.65. The van der Waals surface area contributed by atoms with Gasteiger partial charge in [0.25, 0.3) is 0 Å². The van der Waals surface area contributed by atoms with Gasteiger partial charge in [0, 0.05) is 15.3 Å². The van der Waals surface area contributed by atoms with Gasteiger partial charge in [-0.1, -0.05) is 24.8 Å². The van der Waals surface area contributed by atoms with Gasteiger partial charge < -0.3 is 5.73 Å². The van der Waals surface area contributed by atoms with Crippen molar-refractivity contribution in [1.82, 2.24) is 9.97 Å². The summed E-state index contributed by atoms with van der Waals surface area (Å²) in [7, 11) is 0. The summed E-state index contributed by atoms with van der Waals surface area (Å²) < 4.78 is 51.4. The molecule has 0 fully saturated rings. The summed E-state index contributed by atoms with van der Waals surface area (Å²) in [5, 5.41) is -0.192. The maximum Gasteiger partial charge on any atom is 0.221 e. The van der Waals surface area contributed by atoms with Crippen molar-refractivity contribution in [3.8, 4) is 0 Å². The van der Waals surface area contributed by atoms with Gasteiger partial charge in [0.2, 0.25) is 5.95 Å². The second-order valence-corrected chi connectivity index (χ2v) is 2.07. The number of aromatic nitrogens is 2. The lowest BCUT2D eigenvalue weighted by Gasteiger charge is -1.98. The topological polar surface area (TPSA) is 51.8 Å². The number of halogens is 1. The smallest absolute Gasteiger partial charge is 0.221 e. The highest BCUT2D eigenvalue weighted by molar-refractivity contribution is 6.29. The number of nitrogen functional groups attached to an aromatic ring is 1. The zero-order valence-electron chi connectivity index (χ0n) is 12.4. The third-order valence-electron chi connectivity index (χ3n) is 0.903. The minimum absolute atomic E-state index is 0.192. The van der Waals surface area contributed by atoms with Crippen molar-refractivity contribution in [3.05, 3.63) is 16.9 Å². The molecule has 0 aliphatic heterocycles. The quantitative estimate of drug-likeness (QED) is 0.701. The molecule has 0 saturated carbocycles. The van der Waals surface area contributed by atoms with Gasteiger partial charge >= 0.3 is 0 Å². The van der Waals surface area contributed by atoms with E-state index in [1.54, 1.807) is 0 Å². The number of hydrogen-bond acceptors (Lipinski definition) is 3.